The summed E-state index contributed by atoms with van der Waals surface area (Å²) < 4.78 is 24.1. The summed E-state index contributed by atoms with van der Waals surface area (Å²) in [6.07, 6.45) is 1.71. The highest BCUT2D eigenvalue weighted by Gasteiger charge is 2.09. The van der Waals surface area contributed by atoms with Crippen LogP contribution in [0.2, 0.25) is 5.15 Å². The molecule has 0 radical (unpaired) electrons. The molecule has 4 N–H and O–H groups in total. The minimum Gasteiger partial charge on any atom is -0.340 e. The number of aromatic nitrogens is 4. The van der Waals surface area contributed by atoms with E-state index in [1.165, 1.54) is 0 Å². The average Bonchev–Trinajstić information content (AvgIpc) is 3.10. The molecular weight excluding hydrogens is 426 g/mol. The Balaban J connectivity index is 1.57. The van der Waals surface area contributed by atoms with Gasteiger partial charge in [-0.1, -0.05) is 29.8 Å². The molecular formula is C19H18ClN7O2S. The Labute approximate surface area is 179 Å². The molecule has 0 saturated heterocycles. The van der Waals surface area contributed by atoms with Crippen molar-refractivity contribution < 1.29 is 8.42 Å². The fourth-order valence-electron chi connectivity index (χ4n) is 2.90. The number of benzene rings is 2. The lowest BCUT2D eigenvalue weighted by Crippen LogP contribution is -2.12. The van der Waals surface area contributed by atoms with Gasteiger partial charge in [-0.25, -0.2) is 18.1 Å². The minimum absolute atomic E-state index is 0.184. The smallest absolute Gasteiger partial charge is 0.229 e. The summed E-state index contributed by atoms with van der Waals surface area (Å²) >= 11 is 6.02. The summed E-state index contributed by atoms with van der Waals surface area (Å²) in [5.74, 6) is 1.02. The van der Waals surface area contributed by atoms with Crippen molar-refractivity contribution in [2.75, 3.05) is 10.6 Å². The molecule has 2 heterocycles. The van der Waals surface area contributed by atoms with Crippen LogP contribution in [0.4, 0.5) is 23.1 Å². The summed E-state index contributed by atoms with van der Waals surface area (Å²) in [6.45, 7) is 2.07. The zero-order valence-corrected chi connectivity index (χ0v) is 17.5. The maximum Gasteiger partial charge on any atom is 0.229 e. The van der Waals surface area contributed by atoms with Crippen LogP contribution < -0.4 is 15.4 Å². The minimum atomic E-state index is -2.68. The molecule has 0 amide bonds. The molecule has 0 saturated carbocycles. The third-order valence-electron chi connectivity index (χ3n) is 4.41. The molecule has 2 aromatic carbocycles. The Morgan fingerprint density at radius 3 is 2.80 bits per heavy atom. The number of nitrogens with zero attached hydrogens (tertiary/aromatic N) is 3. The molecule has 30 heavy (non-hydrogen) atoms. The van der Waals surface area contributed by atoms with E-state index in [1.54, 1.807) is 6.20 Å². The van der Waals surface area contributed by atoms with Crippen LogP contribution in [0.25, 0.3) is 10.9 Å². The van der Waals surface area contributed by atoms with E-state index >= 15 is 0 Å². The van der Waals surface area contributed by atoms with Crippen molar-refractivity contribution in [3.05, 3.63) is 64.9 Å². The first kappa shape index (κ1) is 20.1. The van der Waals surface area contributed by atoms with Gasteiger partial charge in [0, 0.05) is 35.1 Å². The molecule has 0 aliphatic rings. The van der Waals surface area contributed by atoms with E-state index in [4.69, 9.17) is 11.6 Å². The maximum atomic E-state index is 10.9. The highest BCUT2D eigenvalue weighted by Crippen LogP contribution is 2.26. The molecule has 0 bridgehead atoms. The zero-order valence-electron chi connectivity index (χ0n) is 15.8. The van der Waals surface area contributed by atoms with Gasteiger partial charge in [-0.15, -0.1) is 0 Å². The first-order valence-electron chi connectivity index (χ1n) is 8.97. The lowest BCUT2D eigenvalue weighted by atomic mass is 10.1. The maximum absolute atomic E-state index is 10.9. The van der Waals surface area contributed by atoms with Crippen LogP contribution >= 0.6 is 11.6 Å². The molecule has 0 spiro atoms. The fraction of sp³-hybridized carbons (Fsp3) is 0.105. The van der Waals surface area contributed by atoms with E-state index in [-0.39, 0.29) is 6.54 Å². The lowest BCUT2D eigenvalue weighted by Gasteiger charge is -2.14. The number of aromatic amines is 1. The summed E-state index contributed by atoms with van der Waals surface area (Å²) in [7, 11) is -2.68. The van der Waals surface area contributed by atoms with Crippen LogP contribution in [0.3, 0.4) is 0 Å². The van der Waals surface area contributed by atoms with Gasteiger partial charge in [-0.3, -0.25) is 5.10 Å². The molecule has 154 valence electrons. The molecule has 0 fully saturated rings. The van der Waals surface area contributed by atoms with Crippen LogP contribution in [0.1, 0.15) is 11.1 Å². The summed E-state index contributed by atoms with van der Waals surface area (Å²) in [5, 5.41) is 14.5. The van der Waals surface area contributed by atoms with Crippen LogP contribution in [0, 0.1) is 6.92 Å². The molecule has 2 aromatic heterocycles. The van der Waals surface area contributed by atoms with Gasteiger partial charge in [-0.05, 0) is 36.8 Å². The highest BCUT2D eigenvalue weighted by atomic mass is 35.5. The zero-order chi connectivity index (χ0) is 21.1. The first-order valence-corrected chi connectivity index (χ1v) is 10.5. The van der Waals surface area contributed by atoms with Crippen LogP contribution in [-0.4, -0.2) is 28.6 Å². The monoisotopic (exact) mass is 443 g/mol. The number of hydrogen-bond acceptors (Lipinski definition) is 7. The van der Waals surface area contributed by atoms with Gasteiger partial charge >= 0.3 is 0 Å². The molecule has 4 rings (SSSR count). The van der Waals surface area contributed by atoms with Gasteiger partial charge in [0.2, 0.25) is 16.8 Å². The van der Waals surface area contributed by atoms with Crippen molar-refractivity contribution in [2.24, 2.45) is 0 Å². The van der Waals surface area contributed by atoms with Gasteiger partial charge in [0.15, 0.2) is 5.15 Å². The van der Waals surface area contributed by atoms with E-state index in [2.05, 4.69) is 35.5 Å². The number of para-hydroxylation sites is 1. The highest BCUT2D eigenvalue weighted by molar-refractivity contribution is 7.70. The fourth-order valence-corrected chi connectivity index (χ4v) is 3.40. The van der Waals surface area contributed by atoms with Crippen molar-refractivity contribution in [3.63, 3.8) is 0 Å². The quantitative estimate of drug-likeness (QED) is 0.277. The Hall–Kier alpha value is -3.21. The second-order valence-corrected chi connectivity index (χ2v) is 7.69. The van der Waals surface area contributed by atoms with Crippen LogP contribution in [0.15, 0.2) is 48.7 Å². The third kappa shape index (κ3) is 4.51. The lowest BCUT2D eigenvalue weighted by molar-refractivity contribution is 0.601. The van der Waals surface area contributed by atoms with E-state index in [0.29, 0.717) is 16.9 Å². The van der Waals surface area contributed by atoms with Gasteiger partial charge in [-0.2, -0.15) is 10.1 Å². The van der Waals surface area contributed by atoms with E-state index in [9.17, 15) is 8.42 Å². The SMILES string of the molecule is Cc1cnc(Nc2ccc3c(Cl)n[nH]c3c2)nc1Nc1ccccc1CN[SH](=O)=O. The Morgan fingerprint density at radius 2 is 1.97 bits per heavy atom. The van der Waals surface area contributed by atoms with Gasteiger partial charge < -0.3 is 10.6 Å². The number of anilines is 4. The molecule has 0 aliphatic heterocycles. The number of thiol groups is 1. The van der Waals surface area contributed by atoms with E-state index in [0.717, 1.165) is 33.4 Å². The Bertz CT molecular complexity index is 1280. The molecule has 4 aromatic rings. The summed E-state index contributed by atoms with van der Waals surface area (Å²) in [5.41, 5.74) is 3.97. The summed E-state index contributed by atoms with van der Waals surface area (Å²) in [4.78, 5) is 8.90. The van der Waals surface area contributed by atoms with E-state index in [1.807, 2.05) is 49.4 Å². The normalized spacial score (nSPS) is 11.2. The number of nitrogens with one attached hydrogen (secondary N) is 4. The summed E-state index contributed by atoms with van der Waals surface area (Å²) in [6, 6.07) is 13.0. The van der Waals surface area contributed by atoms with Gasteiger partial charge in [0.1, 0.15) is 5.82 Å². The molecule has 9 nitrogen and oxygen atoms in total. The van der Waals surface area contributed by atoms with Gasteiger partial charge in [0.05, 0.1) is 5.52 Å². The first-order chi connectivity index (χ1) is 14.5. The van der Waals surface area contributed by atoms with Crippen molar-refractivity contribution in [1.82, 2.24) is 24.9 Å². The number of aryl methyl sites for hydroxylation is 1. The predicted octanol–water partition coefficient (Wildman–Crippen LogP) is 3.42. The second kappa shape index (κ2) is 8.66. The van der Waals surface area contributed by atoms with Crippen molar-refractivity contribution >= 4 is 56.5 Å². The molecule has 0 aliphatic carbocycles. The number of rotatable bonds is 7. The topological polar surface area (TPSA) is 125 Å². The predicted molar refractivity (Wildman–Crippen MR) is 118 cm³/mol. The van der Waals surface area contributed by atoms with Crippen molar-refractivity contribution in [2.45, 2.75) is 13.5 Å². The number of H-pyrrole nitrogens is 1. The standard InChI is InChI=1S/C19H18ClN7O2S/c1-11-9-21-19(23-13-6-7-14-16(8-13)26-27-17(14)20)25-18(11)24-15-5-3-2-4-12(15)10-22-30(28)29/h2-9,30H,10H2,1H3,(H,26,27)(H,22,28,29)(H2,21,23,24,25). The largest absolute Gasteiger partial charge is 0.340 e. The van der Waals surface area contributed by atoms with Crippen molar-refractivity contribution in [3.8, 4) is 0 Å². The van der Waals surface area contributed by atoms with Crippen LogP contribution in [0.5, 0.6) is 0 Å². The number of halogens is 1. The molecule has 0 atom stereocenters. The van der Waals surface area contributed by atoms with Gasteiger partial charge in [0.25, 0.3) is 0 Å². The Morgan fingerprint density at radius 1 is 1.13 bits per heavy atom. The van der Waals surface area contributed by atoms with E-state index < -0.39 is 10.9 Å². The second-order valence-electron chi connectivity index (χ2n) is 6.50. The number of fused-ring (bicyclic) bond motifs is 1. The third-order valence-corrected chi connectivity index (χ3v) is 5.12. The molecule has 0 unspecified atom stereocenters. The van der Waals surface area contributed by atoms with Crippen LogP contribution in [-0.2, 0) is 17.4 Å². The number of hydrogen-bond donors (Lipinski definition) is 5. The molecule has 11 heteroatoms. The average molecular weight is 444 g/mol. The Kier molecular flexibility index (Phi) is 5.79. The van der Waals surface area contributed by atoms with Crippen molar-refractivity contribution in [1.29, 1.82) is 0 Å².